The Morgan fingerprint density at radius 1 is 1.21 bits per heavy atom. The molecule has 0 saturated heterocycles. The molecule has 4 rings (SSSR count). The van der Waals surface area contributed by atoms with Crippen molar-refractivity contribution in [2.75, 3.05) is 5.32 Å². The van der Waals surface area contributed by atoms with Crippen LogP contribution in [0, 0.1) is 6.92 Å². The van der Waals surface area contributed by atoms with E-state index in [1.54, 1.807) is 26.1 Å². The molecule has 1 fully saturated rings. The molecule has 1 aliphatic rings. The summed E-state index contributed by atoms with van der Waals surface area (Å²) < 4.78 is 29.8. The largest absolute Gasteiger partial charge is 0.382 e. The van der Waals surface area contributed by atoms with Gasteiger partial charge in [0.25, 0.3) is 11.6 Å². The molecular weight excluding hydrogens is 474 g/mol. The molecule has 2 aromatic heterocycles. The number of fused-ring (bicyclic) bond motifs is 1. The minimum Gasteiger partial charge on any atom is -0.382 e. The molecule has 3 unspecified atom stereocenters. The molecule has 2 N–H and O–H groups in total. The first-order valence-electron chi connectivity index (χ1n) is 11.5. The molecule has 1 amide bonds. The van der Waals surface area contributed by atoms with Crippen molar-refractivity contribution in [3.63, 3.8) is 0 Å². The van der Waals surface area contributed by atoms with E-state index in [-0.39, 0.29) is 23.7 Å². The number of carbonyl (C=O) groups is 1. The van der Waals surface area contributed by atoms with E-state index in [1.165, 1.54) is 6.07 Å². The van der Waals surface area contributed by atoms with Gasteiger partial charge in [0.2, 0.25) is 0 Å². The number of aromatic nitrogens is 3. The third-order valence-electron chi connectivity index (χ3n) is 6.08. The van der Waals surface area contributed by atoms with E-state index in [9.17, 15) is 13.6 Å². The Bertz CT molecular complexity index is 1170. The lowest BCUT2D eigenvalue weighted by Crippen LogP contribution is -2.40. The fourth-order valence-corrected chi connectivity index (χ4v) is 4.73. The first-order chi connectivity index (χ1) is 16.1. The van der Waals surface area contributed by atoms with Gasteiger partial charge >= 0.3 is 0 Å². The number of carbonyl (C=O) groups excluding carboxylic acids is 1. The number of amides is 1. The van der Waals surface area contributed by atoms with Crippen LogP contribution in [0.25, 0.3) is 10.9 Å². The number of anilines is 1. The van der Waals surface area contributed by atoms with Crippen molar-refractivity contribution in [3.05, 3.63) is 53.5 Å². The third kappa shape index (κ3) is 6.09. The summed E-state index contributed by atoms with van der Waals surface area (Å²) in [4.78, 5) is 16.8. The standard InChI is InChI=1S/C24H31F2N5OP2/c1-14-3-8-19-18(11-14)21(12-22(29-19)24(25,26)34)27-16-4-6-17(7-5-16)28-23(32)20-9-10-31(30-20)13-15(2)33/h3,8-12,15-17H,4-7,13,33-34H2,1-2H3,(H,27,29)(H,28,32). The van der Waals surface area contributed by atoms with Crippen LogP contribution in [0.3, 0.4) is 0 Å². The highest BCUT2D eigenvalue weighted by Gasteiger charge is 2.29. The molecule has 1 aromatic carbocycles. The molecule has 3 aromatic rings. The summed E-state index contributed by atoms with van der Waals surface area (Å²) in [7, 11) is 4.29. The van der Waals surface area contributed by atoms with E-state index in [1.807, 2.05) is 25.3 Å². The molecule has 3 atom stereocenters. The van der Waals surface area contributed by atoms with Crippen molar-refractivity contribution in [2.45, 2.75) is 69.5 Å². The zero-order chi connectivity index (χ0) is 24.5. The smallest absolute Gasteiger partial charge is 0.300 e. The van der Waals surface area contributed by atoms with Gasteiger partial charge in [-0.3, -0.25) is 9.48 Å². The lowest BCUT2D eigenvalue weighted by Gasteiger charge is -2.30. The average Bonchev–Trinajstić information content (AvgIpc) is 3.22. The van der Waals surface area contributed by atoms with Gasteiger partial charge in [-0.2, -0.15) is 13.9 Å². The highest BCUT2D eigenvalue weighted by molar-refractivity contribution is 7.17. The summed E-state index contributed by atoms with van der Waals surface area (Å²) in [6, 6.07) is 9.03. The third-order valence-corrected chi connectivity index (χ3v) is 6.58. The van der Waals surface area contributed by atoms with Crippen LogP contribution >= 0.6 is 18.5 Å². The SMILES string of the molecule is Cc1ccc2nc(C(F)(F)P)cc(NC3CCC(NC(=O)c4ccn(CC(C)P)n4)CC3)c2c1. The van der Waals surface area contributed by atoms with Crippen LogP contribution in [0.2, 0.25) is 0 Å². The van der Waals surface area contributed by atoms with E-state index in [0.29, 0.717) is 22.6 Å². The van der Waals surface area contributed by atoms with E-state index >= 15 is 0 Å². The number of halogens is 2. The maximum atomic E-state index is 14.0. The van der Waals surface area contributed by atoms with Crippen LogP contribution in [0.5, 0.6) is 0 Å². The molecule has 1 saturated carbocycles. The number of benzene rings is 1. The van der Waals surface area contributed by atoms with E-state index in [4.69, 9.17) is 0 Å². The molecule has 2 heterocycles. The molecule has 0 aliphatic heterocycles. The Labute approximate surface area is 203 Å². The Hall–Kier alpha value is -2.17. The Morgan fingerprint density at radius 3 is 2.59 bits per heavy atom. The van der Waals surface area contributed by atoms with Gasteiger partial charge in [-0.1, -0.05) is 27.8 Å². The van der Waals surface area contributed by atoms with Crippen molar-refractivity contribution < 1.29 is 13.6 Å². The molecule has 10 heteroatoms. The molecular formula is C24H31F2N5OP2. The first-order valence-corrected chi connectivity index (χ1v) is 12.8. The van der Waals surface area contributed by atoms with Crippen LogP contribution in [0.1, 0.15) is 54.4 Å². The highest BCUT2D eigenvalue weighted by atomic mass is 31.0. The number of hydrogen-bond acceptors (Lipinski definition) is 4. The minimum absolute atomic E-state index is 0.0692. The number of hydrogen-bond donors (Lipinski definition) is 2. The second kappa shape index (κ2) is 10.2. The number of nitrogens with one attached hydrogen (secondary N) is 2. The monoisotopic (exact) mass is 505 g/mol. The molecule has 182 valence electrons. The molecule has 1 aliphatic carbocycles. The fraction of sp³-hybridized carbons (Fsp3) is 0.458. The molecule has 34 heavy (non-hydrogen) atoms. The summed E-state index contributed by atoms with van der Waals surface area (Å²) in [5, 5.41) is 11.8. The van der Waals surface area contributed by atoms with E-state index < -0.39 is 5.66 Å². The summed E-state index contributed by atoms with van der Waals surface area (Å²) in [6.07, 6.45) is 5.09. The first kappa shape index (κ1) is 24.9. The Morgan fingerprint density at radius 2 is 1.91 bits per heavy atom. The van der Waals surface area contributed by atoms with E-state index in [2.05, 4.69) is 36.9 Å². The van der Waals surface area contributed by atoms with Crippen molar-refractivity contribution >= 4 is 41.0 Å². The van der Waals surface area contributed by atoms with Gasteiger partial charge < -0.3 is 10.6 Å². The molecule has 6 nitrogen and oxygen atoms in total. The Kier molecular flexibility index (Phi) is 7.49. The van der Waals surface area contributed by atoms with Crippen LogP contribution in [-0.2, 0) is 12.2 Å². The summed E-state index contributed by atoms with van der Waals surface area (Å²) in [5.74, 6) is -0.158. The number of pyridine rings is 1. The van der Waals surface area contributed by atoms with E-state index in [0.717, 1.165) is 43.2 Å². The van der Waals surface area contributed by atoms with Gasteiger partial charge in [0.05, 0.1) is 5.52 Å². The molecule has 0 radical (unpaired) electrons. The lowest BCUT2D eigenvalue weighted by molar-refractivity contribution is 0.0920. The minimum atomic E-state index is -3.10. The van der Waals surface area contributed by atoms with Gasteiger partial charge in [0, 0.05) is 35.9 Å². The number of rotatable bonds is 7. The van der Waals surface area contributed by atoms with Gasteiger partial charge in [0.15, 0.2) is 0 Å². The maximum absolute atomic E-state index is 14.0. The van der Waals surface area contributed by atoms with Gasteiger partial charge in [0.1, 0.15) is 11.4 Å². The zero-order valence-corrected chi connectivity index (χ0v) is 21.7. The second-order valence-corrected chi connectivity index (χ2v) is 11.1. The average molecular weight is 505 g/mol. The van der Waals surface area contributed by atoms with Crippen molar-refractivity contribution in [1.82, 2.24) is 20.1 Å². The topological polar surface area (TPSA) is 71.8 Å². The number of nitrogens with zero attached hydrogens (tertiary/aromatic N) is 3. The lowest BCUT2D eigenvalue weighted by atomic mass is 9.90. The van der Waals surface area contributed by atoms with Crippen molar-refractivity contribution in [3.8, 4) is 0 Å². The predicted molar refractivity (Wildman–Crippen MR) is 139 cm³/mol. The van der Waals surface area contributed by atoms with Crippen LogP contribution in [0.4, 0.5) is 14.5 Å². The summed E-state index contributed by atoms with van der Waals surface area (Å²) in [6.45, 7) is 4.78. The Balaban J connectivity index is 1.40. The number of aryl methyl sites for hydroxylation is 1. The quantitative estimate of drug-likeness (QED) is 0.440. The molecule has 0 spiro atoms. The highest BCUT2D eigenvalue weighted by Crippen LogP contribution is 2.37. The van der Waals surface area contributed by atoms with Crippen LogP contribution < -0.4 is 10.6 Å². The van der Waals surface area contributed by atoms with Crippen molar-refractivity contribution in [2.24, 2.45) is 0 Å². The summed E-state index contributed by atoms with van der Waals surface area (Å²) >= 11 is 0. The zero-order valence-electron chi connectivity index (χ0n) is 19.4. The van der Waals surface area contributed by atoms with Gasteiger partial charge in [-0.15, -0.1) is 9.24 Å². The fourth-order valence-electron chi connectivity index (χ4n) is 4.37. The number of alkyl halides is 2. The predicted octanol–water partition coefficient (Wildman–Crippen LogP) is 5.08. The van der Waals surface area contributed by atoms with Crippen LogP contribution in [-0.4, -0.2) is 38.4 Å². The van der Waals surface area contributed by atoms with Gasteiger partial charge in [-0.05, 0) is 62.5 Å². The summed E-state index contributed by atoms with van der Waals surface area (Å²) in [5.41, 5.74) is -0.306. The van der Waals surface area contributed by atoms with Crippen molar-refractivity contribution in [1.29, 1.82) is 0 Å². The maximum Gasteiger partial charge on any atom is 0.300 e. The molecule has 0 bridgehead atoms. The normalized spacial score (nSPS) is 19.7. The van der Waals surface area contributed by atoms with Crippen LogP contribution in [0.15, 0.2) is 36.5 Å². The second-order valence-electron chi connectivity index (χ2n) is 9.27. The van der Waals surface area contributed by atoms with Gasteiger partial charge in [-0.25, -0.2) is 4.98 Å².